The van der Waals surface area contributed by atoms with Crippen LogP contribution < -0.4 is 0 Å². The Labute approximate surface area is 103 Å². The minimum absolute atomic E-state index is 0.157. The third-order valence-electron chi connectivity index (χ3n) is 2.17. The summed E-state index contributed by atoms with van der Waals surface area (Å²) in [4.78, 5) is 33.9. The van der Waals surface area contributed by atoms with Gasteiger partial charge in [0, 0.05) is 20.3 Å². The van der Waals surface area contributed by atoms with Gasteiger partial charge in [-0.15, -0.1) is 0 Å². The predicted octanol–water partition coefficient (Wildman–Crippen LogP) is 0.588. The molecule has 0 saturated carbocycles. The van der Waals surface area contributed by atoms with E-state index in [2.05, 4.69) is 4.74 Å². The second kappa shape index (κ2) is 5.07. The summed E-state index contributed by atoms with van der Waals surface area (Å²) < 4.78 is 14.0. The van der Waals surface area contributed by atoms with Crippen LogP contribution in [0.3, 0.4) is 0 Å². The van der Waals surface area contributed by atoms with Gasteiger partial charge in [0.2, 0.25) is 0 Å². The molecule has 1 aliphatic rings. The zero-order chi connectivity index (χ0) is 13.9. The number of cyclic esters (lactones) is 2. The summed E-state index contributed by atoms with van der Waals surface area (Å²) in [5.74, 6) is -4.43. The fourth-order valence-electron chi connectivity index (χ4n) is 1.34. The molecule has 0 bridgehead atoms. The smallest absolute Gasteiger partial charge is 0.352 e. The van der Waals surface area contributed by atoms with Crippen LogP contribution in [0.15, 0.2) is 11.3 Å². The van der Waals surface area contributed by atoms with Crippen LogP contribution in [0.1, 0.15) is 26.7 Å². The monoisotopic (exact) mass is 258 g/mol. The Morgan fingerprint density at radius 3 is 2.17 bits per heavy atom. The highest BCUT2D eigenvalue weighted by molar-refractivity contribution is 6.15. The van der Waals surface area contributed by atoms with Crippen molar-refractivity contribution < 1.29 is 33.7 Å². The van der Waals surface area contributed by atoms with Crippen LogP contribution in [0.4, 0.5) is 0 Å². The molecule has 1 fully saturated rings. The molecule has 1 rings (SSSR count). The Bertz CT molecular complexity index is 397. The van der Waals surface area contributed by atoms with E-state index in [0.29, 0.717) is 0 Å². The van der Waals surface area contributed by atoms with Crippen molar-refractivity contribution in [3.05, 3.63) is 11.3 Å². The van der Waals surface area contributed by atoms with E-state index in [0.717, 1.165) is 0 Å². The lowest BCUT2D eigenvalue weighted by Crippen LogP contribution is -2.42. The lowest BCUT2D eigenvalue weighted by Gasteiger charge is -2.30. The zero-order valence-corrected chi connectivity index (χ0v) is 10.3. The highest BCUT2D eigenvalue weighted by Crippen LogP contribution is 2.25. The molecular formula is C11H14O7. The Balaban J connectivity index is 2.83. The molecule has 7 nitrogen and oxygen atoms in total. The molecule has 0 atom stereocenters. The molecule has 0 unspecified atom stereocenters. The maximum absolute atomic E-state index is 11.5. The summed E-state index contributed by atoms with van der Waals surface area (Å²) in [5.41, 5.74) is -0.585. The Hall–Kier alpha value is -2.05. The van der Waals surface area contributed by atoms with Gasteiger partial charge in [0.05, 0.1) is 13.5 Å². The first kappa shape index (κ1) is 14.0. The number of methoxy groups -OCH3 is 1. The predicted molar refractivity (Wildman–Crippen MR) is 57.2 cm³/mol. The van der Waals surface area contributed by atoms with Crippen molar-refractivity contribution in [1.82, 2.24) is 0 Å². The lowest BCUT2D eigenvalue weighted by molar-refractivity contribution is -0.222. The van der Waals surface area contributed by atoms with Crippen molar-refractivity contribution in [3.8, 4) is 0 Å². The molecule has 1 aliphatic heterocycles. The number of aliphatic hydroxyl groups is 1. The van der Waals surface area contributed by atoms with E-state index < -0.39 is 35.0 Å². The number of carbonyl (C=O) groups is 3. The van der Waals surface area contributed by atoms with E-state index in [9.17, 15) is 19.5 Å². The molecule has 0 radical (unpaired) electrons. The molecule has 0 aliphatic carbocycles. The molecule has 0 spiro atoms. The molecule has 0 aromatic carbocycles. The van der Waals surface area contributed by atoms with Crippen LogP contribution in [0.2, 0.25) is 0 Å². The van der Waals surface area contributed by atoms with Crippen molar-refractivity contribution in [2.24, 2.45) is 0 Å². The van der Waals surface area contributed by atoms with Crippen LogP contribution in [0.25, 0.3) is 0 Å². The minimum Gasteiger partial charge on any atom is -0.511 e. The van der Waals surface area contributed by atoms with E-state index in [-0.39, 0.29) is 12.8 Å². The number of allylic oxidation sites excluding steroid dienone is 1. The van der Waals surface area contributed by atoms with Crippen molar-refractivity contribution in [3.63, 3.8) is 0 Å². The number of carbonyl (C=O) groups excluding carboxylic acids is 3. The van der Waals surface area contributed by atoms with Crippen LogP contribution in [0.5, 0.6) is 0 Å². The van der Waals surface area contributed by atoms with Crippen molar-refractivity contribution in [1.29, 1.82) is 0 Å². The van der Waals surface area contributed by atoms with Gasteiger partial charge in [-0.1, -0.05) is 0 Å². The summed E-state index contributed by atoms with van der Waals surface area (Å²) in [6, 6.07) is 0. The first-order chi connectivity index (χ1) is 8.26. The number of rotatable bonds is 3. The summed E-state index contributed by atoms with van der Waals surface area (Å²) in [5, 5.41) is 9.60. The van der Waals surface area contributed by atoms with E-state index in [1.165, 1.54) is 21.0 Å². The normalized spacial score (nSPS) is 17.8. The van der Waals surface area contributed by atoms with Gasteiger partial charge < -0.3 is 19.3 Å². The highest BCUT2D eigenvalue weighted by atomic mass is 16.7. The lowest BCUT2D eigenvalue weighted by atomic mass is 10.1. The van der Waals surface area contributed by atoms with Gasteiger partial charge >= 0.3 is 17.9 Å². The number of hydrogen-bond acceptors (Lipinski definition) is 7. The third-order valence-corrected chi connectivity index (χ3v) is 2.17. The van der Waals surface area contributed by atoms with E-state index in [1.807, 2.05) is 0 Å². The van der Waals surface area contributed by atoms with E-state index in [4.69, 9.17) is 9.47 Å². The maximum atomic E-state index is 11.5. The molecule has 1 saturated heterocycles. The number of ether oxygens (including phenoxy) is 3. The maximum Gasteiger partial charge on any atom is 0.352 e. The molecule has 1 N–H and O–H groups in total. The molecule has 1 heterocycles. The SMILES string of the molecule is COC(=O)CCC(O)=C1C(=O)OC(C)(C)OC1=O. The van der Waals surface area contributed by atoms with Crippen LogP contribution >= 0.6 is 0 Å². The Kier molecular flexibility index (Phi) is 3.95. The molecular weight excluding hydrogens is 244 g/mol. The average molecular weight is 258 g/mol. The largest absolute Gasteiger partial charge is 0.511 e. The van der Waals surface area contributed by atoms with Crippen LogP contribution in [-0.2, 0) is 28.6 Å². The van der Waals surface area contributed by atoms with Crippen molar-refractivity contribution in [2.75, 3.05) is 7.11 Å². The summed E-state index contributed by atoms with van der Waals surface area (Å²) >= 11 is 0. The first-order valence-corrected chi connectivity index (χ1v) is 5.22. The number of aliphatic hydroxyl groups excluding tert-OH is 1. The van der Waals surface area contributed by atoms with Gasteiger partial charge in [-0.25, -0.2) is 9.59 Å². The topological polar surface area (TPSA) is 99.1 Å². The van der Waals surface area contributed by atoms with Crippen molar-refractivity contribution in [2.45, 2.75) is 32.5 Å². The Morgan fingerprint density at radius 1 is 1.22 bits per heavy atom. The van der Waals surface area contributed by atoms with Gasteiger partial charge in [0.1, 0.15) is 5.76 Å². The quantitative estimate of drug-likeness (QED) is 0.342. The highest BCUT2D eigenvalue weighted by Gasteiger charge is 2.41. The number of esters is 3. The van der Waals surface area contributed by atoms with Gasteiger partial charge in [-0.3, -0.25) is 4.79 Å². The second-order valence-electron chi connectivity index (χ2n) is 4.08. The van der Waals surface area contributed by atoms with Gasteiger partial charge in [0.15, 0.2) is 5.57 Å². The second-order valence-corrected chi connectivity index (χ2v) is 4.08. The summed E-state index contributed by atoms with van der Waals surface area (Å²) in [7, 11) is 1.19. The molecule has 0 amide bonds. The molecule has 100 valence electrons. The summed E-state index contributed by atoms with van der Waals surface area (Å²) in [6.07, 6.45) is -0.359. The van der Waals surface area contributed by atoms with Crippen LogP contribution in [0, 0.1) is 0 Å². The van der Waals surface area contributed by atoms with E-state index in [1.54, 1.807) is 0 Å². The average Bonchev–Trinajstić information content (AvgIpc) is 2.22. The van der Waals surface area contributed by atoms with Gasteiger partial charge in [-0.2, -0.15) is 0 Å². The van der Waals surface area contributed by atoms with Gasteiger partial charge in [0.25, 0.3) is 5.79 Å². The summed E-state index contributed by atoms with van der Waals surface area (Å²) in [6.45, 7) is 2.79. The fourth-order valence-corrected chi connectivity index (χ4v) is 1.34. The zero-order valence-electron chi connectivity index (χ0n) is 10.3. The Morgan fingerprint density at radius 2 is 1.72 bits per heavy atom. The van der Waals surface area contributed by atoms with Crippen LogP contribution in [-0.4, -0.2) is 35.9 Å². The fraction of sp³-hybridized carbons (Fsp3) is 0.545. The standard InChI is InChI=1S/C11H14O7/c1-11(2)17-9(14)8(10(15)18-11)6(12)4-5-7(13)16-3/h12H,4-5H2,1-3H3. The van der Waals surface area contributed by atoms with Crippen molar-refractivity contribution >= 4 is 17.9 Å². The van der Waals surface area contributed by atoms with Gasteiger partial charge in [-0.05, 0) is 0 Å². The molecule has 7 heteroatoms. The first-order valence-electron chi connectivity index (χ1n) is 5.22. The third kappa shape index (κ3) is 3.22. The molecule has 0 aromatic heterocycles. The minimum atomic E-state index is -1.36. The molecule has 18 heavy (non-hydrogen) atoms. The number of hydrogen-bond donors (Lipinski definition) is 1. The molecule has 0 aromatic rings. The van der Waals surface area contributed by atoms with E-state index >= 15 is 0 Å².